The van der Waals surface area contributed by atoms with Crippen LogP contribution in [-0.2, 0) is 13.0 Å². The minimum absolute atomic E-state index is 0.259. The van der Waals surface area contributed by atoms with Gasteiger partial charge in [-0.1, -0.05) is 18.2 Å². The molecule has 1 heterocycles. The van der Waals surface area contributed by atoms with Crippen molar-refractivity contribution in [3.63, 3.8) is 0 Å². The molecule has 5 heteroatoms. The zero-order valence-electron chi connectivity index (χ0n) is 11.9. The summed E-state index contributed by atoms with van der Waals surface area (Å²) in [6.45, 7) is 2.51. The fourth-order valence-corrected chi connectivity index (χ4v) is 1.84. The average Bonchev–Trinajstić information content (AvgIpc) is 2.49. The zero-order valence-corrected chi connectivity index (χ0v) is 11.9. The number of halogens is 1. The highest BCUT2D eigenvalue weighted by atomic mass is 19.1. The number of urea groups is 1. The van der Waals surface area contributed by atoms with Crippen molar-refractivity contribution < 1.29 is 9.18 Å². The van der Waals surface area contributed by atoms with E-state index in [1.165, 1.54) is 6.07 Å². The second-order valence-electron chi connectivity index (χ2n) is 4.76. The fraction of sp³-hybridized carbons (Fsp3) is 0.250. The van der Waals surface area contributed by atoms with Gasteiger partial charge in [0, 0.05) is 31.4 Å². The summed E-state index contributed by atoms with van der Waals surface area (Å²) in [5.74, 6) is -0.259. The Morgan fingerprint density at radius 3 is 2.81 bits per heavy atom. The first-order valence-electron chi connectivity index (χ1n) is 6.82. The van der Waals surface area contributed by atoms with Crippen molar-refractivity contribution in [3.8, 4) is 0 Å². The summed E-state index contributed by atoms with van der Waals surface area (Å²) in [5, 5.41) is 5.44. The molecule has 0 spiro atoms. The highest BCUT2D eigenvalue weighted by Crippen LogP contribution is 2.08. The van der Waals surface area contributed by atoms with Gasteiger partial charge in [0.2, 0.25) is 0 Å². The number of nitrogens with one attached hydrogen (secondary N) is 2. The highest BCUT2D eigenvalue weighted by Gasteiger charge is 2.03. The van der Waals surface area contributed by atoms with Crippen molar-refractivity contribution in [1.82, 2.24) is 15.6 Å². The normalized spacial score (nSPS) is 10.2. The van der Waals surface area contributed by atoms with Gasteiger partial charge in [-0.3, -0.25) is 4.98 Å². The van der Waals surface area contributed by atoms with Gasteiger partial charge in [-0.05, 0) is 36.2 Å². The minimum Gasteiger partial charge on any atom is -0.338 e. The first-order chi connectivity index (χ1) is 10.1. The molecule has 110 valence electrons. The van der Waals surface area contributed by atoms with E-state index in [-0.39, 0.29) is 11.8 Å². The lowest BCUT2D eigenvalue weighted by Gasteiger charge is -2.08. The number of hydrogen-bond donors (Lipinski definition) is 2. The van der Waals surface area contributed by atoms with Crippen molar-refractivity contribution in [2.24, 2.45) is 0 Å². The molecule has 0 bridgehead atoms. The van der Waals surface area contributed by atoms with E-state index in [1.54, 1.807) is 25.3 Å². The van der Waals surface area contributed by atoms with E-state index >= 15 is 0 Å². The van der Waals surface area contributed by atoms with E-state index in [2.05, 4.69) is 15.6 Å². The van der Waals surface area contributed by atoms with Gasteiger partial charge >= 0.3 is 6.03 Å². The van der Waals surface area contributed by atoms with E-state index in [9.17, 15) is 9.18 Å². The first kappa shape index (κ1) is 15.0. The van der Waals surface area contributed by atoms with Crippen LogP contribution < -0.4 is 10.6 Å². The Bertz CT molecular complexity index is 602. The summed E-state index contributed by atoms with van der Waals surface area (Å²) in [4.78, 5) is 15.8. The van der Waals surface area contributed by atoms with Crippen LogP contribution in [0.4, 0.5) is 9.18 Å². The first-order valence-corrected chi connectivity index (χ1v) is 6.82. The third-order valence-electron chi connectivity index (χ3n) is 3.08. The molecule has 2 N–H and O–H groups in total. The topological polar surface area (TPSA) is 54.0 Å². The second kappa shape index (κ2) is 7.38. The van der Waals surface area contributed by atoms with E-state index in [1.807, 2.05) is 18.2 Å². The number of hydrogen-bond acceptors (Lipinski definition) is 2. The number of carbonyl (C=O) groups excluding carboxylic acids is 1. The number of carbonyl (C=O) groups is 1. The van der Waals surface area contributed by atoms with Crippen LogP contribution in [0.25, 0.3) is 0 Å². The number of aryl methyl sites for hydroxylation is 1. The highest BCUT2D eigenvalue weighted by molar-refractivity contribution is 5.73. The SMILES string of the molecule is Cc1ccc(CNC(=O)NCCc2ccccn2)cc1F. The number of rotatable bonds is 5. The standard InChI is InChI=1S/C16H18FN3O/c1-12-5-6-13(10-15(12)17)11-20-16(21)19-9-7-14-4-2-3-8-18-14/h2-6,8,10H,7,9,11H2,1H3,(H2,19,20,21). The van der Waals surface area contributed by atoms with E-state index < -0.39 is 0 Å². The molecule has 1 aromatic heterocycles. The van der Waals surface area contributed by atoms with Crippen LogP contribution in [0.2, 0.25) is 0 Å². The van der Waals surface area contributed by atoms with Gasteiger partial charge in [-0.2, -0.15) is 0 Å². The Kier molecular flexibility index (Phi) is 5.26. The predicted octanol–water partition coefficient (Wildman–Crippen LogP) is 2.57. The van der Waals surface area contributed by atoms with Gasteiger partial charge in [-0.15, -0.1) is 0 Å². The van der Waals surface area contributed by atoms with Gasteiger partial charge in [0.05, 0.1) is 0 Å². The summed E-state index contributed by atoms with van der Waals surface area (Å²) in [5.41, 5.74) is 2.26. The lowest BCUT2D eigenvalue weighted by atomic mass is 10.1. The molecule has 1 aromatic carbocycles. The lowest BCUT2D eigenvalue weighted by Crippen LogP contribution is -2.36. The summed E-state index contributed by atoms with van der Waals surface area (Å²) in [6.07, 6.45) is 2.40. The molecule has 4 nitrogen and oxygen atoms in total. The van der Waals surface area contributed by atoms with Crippen molar-refractivity contribution >= 4 is 6.03 Å². The molecule has 21 heavy (non-hydrogen) atoms. The van der Waals surface area contributed by atoms with Crippen LogP contribution >= 0.6 is 0 Å². The summed E-state index contributed by atoms with van der Waals surface area (Å²) >= 11 is 0. The van der Waals surface area contributed by atoms with E-state index in [4.69, 9.17) is 0 Å². The molecule has 0 saturated carbocycles. The van der Waals surface area contributed by atoms with Gasteiger partial charge in [0.25, 0.3) is 0 Å². The van der Waals surface area contributed by atoms with Crippen molar-refractivity contribution in [2.75, 3.05) is 6.54 Å². The zero-order chi connectivity index (χ0) is 15.1. The molecule has 0 aliphatic carbocycles. The van der Waals surface area contributed by atoms with Crippen LogP contribution in [0, 0.1) is 12.7 Å². The maximum atomic E-state index is 13.4. The molecule has 2 rings (SSSR count). The predicted molar refractivity (Wildman–Crippen MR) is 79.3 cm³/mol. The van der Waals surface area contributed by atoms with Gasteiger partial charge in [0.1, 0.15) is 5.82 Å². The summed E-state index contributed by atoms with van der Waals surface area (Å²) in [6, 6.07) is 10.3. The Morgan fingerprint density at radius 2 is 2.10 bits per heavy atom. The molecule has 2 amide bonds. The quantitative estimate of drug-likeness (QED) is 0.888. The van der Waals surface area contributed by atoms with Crippen molar-refractivity contribution in [2.45, 2.75) is 19.9 Å². The number of benzene rings is 1. The summed E-state index contributed by atoms with van der Waals surface area (Å²) in [7, 11) is 0. The molecular weight excluding hydrogens is 269 g/mol. The molecule has 2 aromatic rings. The van der Waals surface area contributed by atoms with Crippen LogP contribution in [0.15, 0.2) is 42.6 Å². The Balaban J connectivity index is 1.71. The molecule has 0 aliphatic heterocycles. The van der Waals surface area contributed by atoms with Crippen LogP contribution in [0.1, 0.15) is 16.8 Å². The summed E-state index contributed by atoms with van der Waals surface area (Å²) < 4.78 is 13.4. The molecule has 0 aliphatic rings. The van der Waals surface area contributed by atoms with Gasteiger partial charge < -0.3 is 10.6 Å². The minimum atomic E-state index is -0.271. The van der Waals surface area contributed by atoms with Crippen LogP contribution in [0.5, 0.6) is 0 Å². The number of nitrogens with zero attached hydrogens (tertiary/aromatic N) is 1. The van der Waals surface area contributed by atoms with E-state index in [0.717, 1.165) is 11.3 Å². The van der Waals surface area contributed by atoms with Crippen molar-refractivity contribution in [1.29, 1.82) is 0 Å². The van der Waals surface area contributed by atoms with Gasteiger partial charge in [-0.25, -0.2) is 9.18 Å². The van der Waals surface area contributed by atoms with Crippen molar-refractivity contribution in [3.05, 3.63) is 65.2 Å². The Morgan fingerprint density at radius 1 is 1.24 bits per heavy atom. The molecule has 0 fully saturated rings. The molecule has 0 unspecified atom stereocenters. The van der Waals surface area contributed by atoms with Crippen LogP contribution in [-0.4, -0.2) is 17.6 Å². The van der Waals surface area contributed by atoms with Crippen LogP contribution in [0.3, 0.4) is 0 Å². The molecule has 0 saturated heterocycles. The molecule has 0 radical (unpaired) electrons. The Hall–Kier alpha value is -2.43. The lowest BCUT2D eigenvalue weighted by molar-refractivity contribution is 0.240. The van der Waals surface area contributed by atoms with Gasteiger partial charge in [0.15, 0.2) is 0 Å². The monoisotopic (exact) mass is 287 g/mol. The fourth-order valence-electron chi connectivity index (χ4n) is 1.84. The maximum Gasteiger partial charge on any atom is 0.315 e. The average molecular weight is 287 g/mol. The van der Waals surface area contributed by atoms with E-state index in [0.29, 0.717) is 25.1 Å². The third kappa shape index (κ3) is 4.87. The third-order valence-corrected chi connectivity index (χ3v) is 3.08. The smallest absolute Gasteiger partial charge is 0.315 e. The molecule has 0 atom stereocenters. The molecular formula is C16H18FN3O. The Labute approximate surface area is 123 Å². The maximum absolute atomic E-state index is 13.4. The largest absolute Gasteiger partial charge is 0.338 e. The number of pyridine rings is 1. The number of amides is 2. The second-order valence-corrected chi connectivity index (χ2v) is 4.76. The number of aromatic nitrogens is 1.